The van der Waals surface area contributed by atoms with Crippen molar-refractivity contribution in [1.29, 1.82) is 0 Å². The second-order valence-electron chi connectivity index (χ2n) is 4.76. The Kier molecular flexibility index (Phi) is 4.68. The van der Waals surface area contributed by atoms with Crippen LogP contribution in [0.3, 0.4) is 0 Å². The molecule has 0 aliphatic rings. The Morgan fingerprint density at radius 2 is 2.00 bits per heavy atom. The molecule has 2 aromatic carbocycles. The quantitative estimate of drug-likeness (QED) is 0.533. The van der Waals surface area contributed by atoms with E-state index in [0.717, 1.165) is 17.8 Å². The lowest BCUT2D eigenvalue weighted by Gasteiger charge is -2.01. The van der Waals surface area contributed by atoms with Gasteiger partial charge < -0.3 is 10.2 Å². The third kappa shape index (κ3) is 3.62. The Hall–Kier alpha value is -2.91. The Bertz CT molecular complexity index is 976. The highest BCUT2D eigenvalue weighted by molar-refractivity contribution is 7.99. The molecule has 3 rings (SSSR count). The van der Waals surface area contributed by atoms with Gasteiger partial charge in [0.2, 0.25) is 11.8 Å². The molecular weight excluding hydrogens is 368 g/mol. The molecule has 25 heavy (non-hydrogen) atoms. The van der Waals surface area contributed by atoms with Gasteiger partial charge in [0, 0.05) is 11.6 Å². The molecule has 8 nitrogen and oxygen atoms in total. The van der Waals surface area contributed by atoms with Crippen molar-refractivity contribution in [3.8, 4) is 11.5 Å². The van der Waals surface area contributed by atoms with E-state index >= 15 is 0 Å². The molecule has 0 saturated carbocycles. The average molecular weight is 377 g/mol. The number of aromatic nitrogens is 2. The van der Waals surface area contributed by atoms with Crippen LogP contribution < -0.4 is 5.73 Å². The molecule has 0 saturated heterocycles. The summed E-state index contributed by atoms with van der Waals surface area (Å²) in [7, 11) is 0. The molecule has 1 amide bonds. The van der Waals surface area contributed by atoms with E-state index in [1.54, 1.807) is 24.3 Å². The van der Waals surface area contributed by atoms with Crippen LogP contribution in [-0.2, 0) is 0 Å². The summed E-state index contributed by atoms with van der Waals surface area (Å²) < 4.78 is 5.51. The minimum atomic E-state index is -0.751. The number of nitrogens with two attached hydrogens (primary N) is 1. The van der Waals surface area contributed by atoms with Crippen molar-refractivity contribution in [2.75, 3.05) is 0 Å². The van der Waals surface area contributed by atoms with Crippen LogP contribution in [0.1, 0.15) is 10.4 Å². The normalized spacial score (nSPS) is 10.6. The van der Waals surface area contributed by atoms with E-state index < -0.39 is 10.8 Å². The number of nitro benzene ring substituents is 1. The fourth-order valence-electron chi connectivity index (χ4n) is 1.99. The molecule has 0 unspecified atom stereocenters. The van der Waals surface area contributed by atoms with Crippen molar-refractivity contribution in [2.45, 2.75) is 10.1 Å². The summed E-state index contributed by atoms with van der Waals surface area (Å²) in [5, 5.41) is 19.5. The first-order valence-electron chi connectivity index (χ1n) is 6.80. The lowest BCUT2D eigenvalue weighted by molar-refractivity contribution is -0.387. The zero-order valence-corrected chi connectivity index (χ0v) is 14.0. The molecule has 0 bridgehead atoms. The van der Waals surface area contributed by atoms with Crippen LogP contribution in [0.25, 0.3) is 11.5 Å². The summed E-state index contributed by atoms with van der Waals surface area (Å²) in [5.41, 5.74) is 5.46. The van der Waals surface area contributed by atoms with Crippen molar-refractivity contribution in [3.63, 3.8) is 0 Å². The first kappa shape index (κ1) is 16.9. The number of nitrogens with zero attached hydrogens (tertiary/aromatic N) is 3. The topological polar surface area (TPSA) is 125 Å². The summed E-state index contributed by atoms with van der Waals surface area (Å²) >= 11 is 6.98. The molecule has 2 N–H and O–H groups in total. The van der Waals surface area contributed by atoms with Gasteiger partial charge in [0.1, 0.15) is 0 Å². The van der Waals surface area contributed by atoms with Gasteiger partial charge in [0.05, 0.1) is 20.4 Å². The van der Waals surface area contributed by atoms with Crippen LogP contribution in [0.4, 0.5) is 5.69 Å². The van der Waals surface area contributed by atoms with E-state index in [9.17, 15) is 14.9 Å². The van der Waals surface area contributed by atoms with Crippen LogP contribution in [0.15, 0.2) is 57.0 Å². The number of halogens is 1. The highest BCUT2D eigenvalue weighted by Gasteiger charge is 2.20. The smallest absolute Gasteiger partial charge is 0.284 e. The lowest BCUT2D eigenvalue weighted by Crippen LogP contribution is -2.11. The molecule has 0 aliphatic carbocycles. The Labute approximate surface area is 150 Å². The zero-order chi connectivity index (χ0) is 18.0. The predicted octanol–water partition coefficient (Wildman–Crippen LogP) is 3.55. The Morgan fingerprint density at radius 1 is 1.24 bits per heavy atom. The molecule has 0 spiro atoms. The number of rotatable bonds is 5. The van der Waals surface area contributed by atoms with E-state index in [0.29, 0.717) is 10.6 Å². The summed E-state index contributed by atoms with van der Waals surface area (Å²) in [6, 6.07) is 10.8. The molecule has 3 aromatic rings. The van der Waals surface area contributed by atoms with E-state index in [1.807, 2.05) is 0 Å². The maximum Gasteiger partial charge on any atom is 0.284 e. The van der Waals surface area contributed by atoms with Crippen LogP contribution in [0.5, 0.6) is 0 Å². The van der Waals surface area contributed by atoms with Crippen molar-refractivity contribution in [1.82, 2.24) is 10.2 Å². The van der Waals surface area contributed by atoms with Crippen molar-refractivity contribution >= 4 is 35.0 Å². The SMILES string of the molecule is NC(=O)c1ccc(Sc2nnc(-c3ccccc3Cl)o2)c([N+](=O)[O-])c1. The molecular formula is C15H9ClN4O4S. The van der Waals surface area contributed by atoms with Gasteiger partial charge in [-0.15, -0.1) is 10.2 Å². The number of nitro groups is 1. The summed E-state index contributed by atoms with van der Waals surface area (Å²) in [6.07, 6.45) is 0. The molecule has 1 heterocycles. The second kappa shape index (κ2) is 6.91. The maximum atomic E-state index is 11.2. The maximum absolute atomic E-state index is 11.2. The Morgan fingerprint density at radius 3 is 2.68 bits per heavy atom. The Balaban J connectivity index is 1.92. The summed E-state index contributed by atoms with van der Waals surface area (Å²) in [4.78, 5) is 22.0. The van der Waals surface area contributed by atoms with Crippen molar-refractivity contribution in [3.05, 3.63) is 63.2 Å². The predicted molar refractivity (Wildman–Crippen MR) is 90.5 cm³/mol. The van der Waals surface area contributed by atoms with Gasteiger partial charge in [-0.2, -0.15) is 0 Å². The number of hydrogen-bond donors (Lipinski definition) is 1. The van der Waals surface area contributed by atoms with E-state index in [4.69, 9.17) is 21.8 Å². The number of primary amides is 1. The van der Waals surface area contributed by atoms with Crippen LogP contribution in [-0.4, -0.2) is 21.0 Å². The molecule has 0 fully saturated rings. The highest BCUT2D eigenvalue weighted by Crippen LogP contribution is 2.36. The van der Waals surface area contributed by atoms with E-state index in [1.165, 1.54) is 12.1 Å². The van der Waals surface area contributed by atoms with Crippen LogP contribution >= 0.6 is 23.4 Å². The standard InChI is InChI=1S/C15H9ClN4O4S/c16-10-4-2-1-3-9(10)14-18-19-15(24-14)25-12-6-5-8(13(17)21)7-11(12)20(22)23/h1-7H,(H2,17,21). The van der Waals surface area contributed by atoms with Crippen molar-refractivity contribution in [2.24, 2.45) is 5.73 Å². The van der Waals surface area contributed by atoms with E-state index in [-0.39, 0.29) is 27.3 Å². The van der Waals surface area contributed by atoms with Gasteiger partial charge >= 0.3 is 0 Å². The third-order valence-corrected chi connectivity index (χ3v) is 4.38. The monoisotopic (exact) mass is 376 g/mol. The van der Waals surface area contributed by atoms with E-state index in [2.05, 4.69) is 10.2 Å². The fourth-order valence-corrected chi connectivity index (χ4v) is 2.97. The minimum Gasteiger partial charge on any atom is -0.411 e. The second-order valence-corrected chi connectivity index (χ2v) is 6.16. The van der Waals surface area contributed by atoms with Crippen LogP contribution in [0, 0.1) is 10.1 Å². The fraction of sp³-hybridized carbons (Fsp3) is 0. The first-order chi connectivity index (χ1) is 12.0. The minimum absolute atomic E-state index is 0.0401. The van der Waals surface area contributed by atoms with Crippen LogP contribution in [0.2, 0.25) is 5.02 Å². The molecule has 1 aromatic heterocycles. The molecule has 126 valence electrons. The largest absolute Gasteiger partial charge is 0.411 e. The molecule has 0 atom stereocenters. The molecule has 0 aliphatic heterocycles. The average Bonchev–Trinajstić information content (AvgIpc) is 3.03. The van der Waals surface area contributed by atoms with Gasteiger partial charge in [0.15, 0.2) is 0 Å². The highest BCUT2D eigenvalue weighted by atomic mass is 35.5. The number of carbonyl (C=O) groups excluding carboxylic acids is 1. The van der Waals surface area contributed by atoms with Gasteiger partial charge in [-0.1, -0.05) is 23.7 Å². The lowest BCUT2D eigenvalue weighted by atomic mass is 10.2. The zero-order valence-electron chi connectivity index (χ0n) is 12.4. The van der Waals surface area contributed by atoms with Gasteiger partial charge in [0.25, 0.3) is 10.9 Å². The first-order valence-corrected chi connectivity index (χ1v) is 7.99. The molecule has 0 radical (unpaired) electrons. The third-order valence-electron chi connectivity index (χ3n) is 3.15. The number of carbonyl (C=O) groups is 1. The van der Waals surface area contributed by atoms with Gasteiger partial charge in [-0.25, -0.2) is 0 Å². The van der Waals surface area contributed by atoms with Gasteiger partial charge in [-0.05, 0) is 36.0 Å². The van der Waals surface area contributed by atoms with Crippen molar-refractivity contribution < 1.29 is 14.1 Å². The molecule has 10 heteroatoms. The summed E-state index contributed by atoms with van der Waals surface area (Å²) in [5.74, 6) is -0.553. The summed E-state index contributed by atoms with van der Waals surface area (Å²) in [6.45, 7) is 0. The number of amides is 1. The number of benzene rings is 2. The number of hydrogen-bond acceptors (Lipinski definition) is 7. The van der Waals surface area contributed by atoms with Gasteiger partial charge in [-0.3, -0.25) is 14.9 Å².